The number of hydrogen-bond acceptors (Lipinski definition) is 6. The Morgan fingerprint density at radius 3 is 2.83 bits per heavy atom. The molecule has 30 heavy (non-hydrogen) atoms. The SMILES string of the molecule is CC1=C(c2nc(-c3cccs3)no2)C(c2ccccc2)NC(=O)N1CC1CCCO1. The van der Waals surface area contributed by atoms with Crippen molar-refractivity contribution in [2.75, 3.05) is 13.2 Å². The first-order chi connectivity index (χ1) is 14.7. The Labute approximate surface area is 178 Å². The smallest absolute Gasteiger partial charge is 0.322 e. The van der Waals surface area contributed by atoms with Crippen molar-refractivity contribution < 1.29 is 14.1 Å². The van der Waals surface area contributed by atoms with E-state index >= 15 is 0 Å². The molecule has 154 valence electrons. The lowest BCUT2D eigenvalue weighted by Crippen LogP contribution is -2.48. The van der Waals surface area contributed by atoms with E-state index in [0.29, 0.717) is 18.3 Å². The van der Waals surface area contributed by atoms with Crippen molar-refractivity contribution >= 4 is 22.9 Å². The number of nitrogens with one attached hydrogen (secondary N) is 1. The van der Waals surface area contributed by atoms with Crippen LogP contribution in [0.2, 0.25) is 0 Å². The Morgan fingerprint density at radius 1 is 1.23 bits per heavy atom. The number of rotatable bonds is 5. The van der Waals surface area contributed by atoms with Gasteiger partial charge in [0.15, 0.2) is 0 Å². The van der Waals surface area contributed by atoms with Gasteiger partial charge in [-0.15, -0.1) is 11.3 Å². The number of thiophene rings is 1. The molecular formula is C22H22N4O3S. The summed E-state index contributed by atoms with van der Waals surface area (Å²) in [5.41, 5.74) is 2.59. The number of carbonyl (C=O) groups excluding carboxylic acids is 1. The van der Waals surface area contributed by atoms with Gasteiger partial charge in [-0.1, -0.05) is 41.6 Å². The fraction of sp³-hybridized carbons (Fsp3) is 0.318. The van der Waals surface area contributed by atoms with Crippen molar-refractivity contribution in [1.82, 2.24) is 20.4 Å². The van der Waals surface area contributed by atoms with E-state index in [1.807, 2.05) is 54.8 Å². The Hall–Kier alpha value is -2.97. The minimum absolute atomic E-state index is 0.0459. The lowest BCUT2D eigenvalue weighted by atomic mass is 9.94. The van der Waals surface area contributed by atoms with Gasteiger partial charge in [0.2, 0.25) is 5.82 Å². The molecule has 1 fully saturated rings. The summed E-state index contributed by atoms with van der Waals surface area (Å²) in [6.07, 6.45) is 2.03. The number of urea groups is 1. The number of benzene rings is 1. The number of amides is 2. The first-order valence-electron chi connectivity index (χ1n) is 10.0. The second-order valence-corrected chi connectivity index (χ2v) is 8.39. The van der Waals surface area contributed by atoms with Crippen molar-refractivity contribution in [2.45, 2.75) is 31.9 Å². The van der Waals surface area contributed by atoms with Gasteiger partial charge >= 0.3 is 6.03 Å². The maximum absolute atomic E-state index is 13.0. The van der Waals surface area contributed by atoms with Gasteiger partial charge in [-0.25, -0.2) is 4.79 Å². The van der Waals surface area contributed by atoms with E-state index < -0.39 is 0 Å². The van der Waals surface area contributed by atoms with Gasteiger partial charge in [0.1, 0.15) is 0 Å². The Balaban J connectivity index is 1.57. The van der Waals surface area contributed by atoms with Crippen LogP contribution in [0.1, 0.15) is 37.3 Å². The summed E-state index contributed by atoms with van der Waals surface area (Å²) in [5.74, 6) is 0.969. The van der Waals surface area contributed by atoms with Crippen LogP contribution in [-0.2, 0) is 4.74 Å². The summed E-state index contributed by atoms with van der Waals surface area (Å²) >= 11 is 1.56. The molecule has 0 saturated carbocycles. The lowest BCUT2D eigenvalue weighted by Gasteiger charge is -2.36. The molecule has 1 aromatic carbocycles. The van der Waals surface area contributed by atoms with E-state index in [4.69, 9.17) is 9.26 Å². The highest BCUT2D eigenvalue weighted by Gasteiger charge is 2.37. The first kappa shape index (κ1) is 19.0. The van der Waals surface area contributed by atoms with E-state index in [0.717, 1.165) is 41.2 Å². The van der Waals surface area contributed by atoms with E-state index in [-0.39, 0.29) is 18.2 Å². The van der Waals surface area contributed by atoms with Crippen molar-refractivity contribution in [2.24, 2.45) is 0 Å². The zero-order valence-electron chi connectivity index (χ0n) is 16.6. The third-order valence-electron chi connectivity index (χ3n) is 5.54. The average molecular weight is 423 g/mol. The molecule has 0 bridgehead atoms. The molecule has 2 atom stereocenters. The summed E-state index contributed by atoms with van der Waals surface area (Å²) < 4.78 is 11.4. The van der Waals surface area contributed by atoms with Crippen LogP contribution in [0.4, 0.5) is 4.79 Å². The maximum atomic E-state index is 13.0. The summed E-state index contributed by atoms with van der Waals surface area (Å²) in [6, 6.07) is 13.3. The van der Waals surface area contributed by atoms with Crippen LogP contribution < -0.4 is 5.32 Å². The van der Waals surface area contributed by atoms with Gasteiger partial charge in [0.05, 0.1) is 29.1 Å². The minimum atomic E-state index is -0.365. The largest absolute Gasteiger partial charge is 0.376 e. The fourth-order valence-corrected chi connectivity index (χ4v) is 4.65. The van der Waals surface area contributed by atoms with Crippen molar-refractivity contribution in [1.29, 1.82) is 0 Å². The molecule has 3 aromatic rings. The van der Waals surface area contributed by atoms with Crippen LogP contribution in [-0.4, -0.2) is 40.3 Å². The summed E-state index contributed by atoms with van der Waals surface area (Å²) in [7, 11) is 0. The van der Waals surface area contributed by atoms with E-state index in [2.05, 4.69) is 15.5 Å². The predicted molar refractivity (Wildman–Crippen MR) is 114 cm³/mol. The highest BCUT2D eigenvalue weighted by molar-refractivity contribution is 7.13. The average Bonchev–Trinajstić information content (AvgIpc) is 3.54. The van der Waals surface area contributed by atoms with Crippen LogP contribution in [0.3, 0.4) is 0 Å². The lowest BCUT2D eigenvalue weighted by molar-refractivity contribution is 0.0877. The Bertz CT molecular complexity index is 1060. The number of nitrogens with zero attached hydrogens (tertiary/aromatic N) is 3. The molecule has 5 rings (SSSR count). The monoisotopic (exact) mass is 422 g/mol. The molecule has 1 saturated heterocycles. The van der Waals surface area contributed by atoms with E-state index in [9.17, 15) is 4.79 Å². The molecule has 2 unspecified atom stereocenters. The topological polar surface area (TPSA) is 80.5 Å². The van der Waals surface area contributed by atoms with Crippen LogP contribution in [0.15, 0.2) is 58.1 Å². The van der Waals surface area contributed by atoms with Gasteiger partial charge in [0.25, 0.3) is 5.89 Å². The number of carbonyl (C=O) groups is 1. The fourth-order valence-electron chi connectivity index (χ4n) is 4.00. The van der Waals surface area contributed by atoms with E-state index in [1.165, 1.54) is 0 Å². The highest BCUT2D eigenvalue weighted by atomic mass is 32.1. The number of ether oxygens (including phenoxy) is 1. The van der Waals surface area contributed by atoms with Crippen LogP contribution in [0, 0.1) is 0 Å². The van der Waals surface area contributed by atoms with Gasteiger partial charge in [-0.05, 0) is 36.8 Å². The van der Waals surface area contributed by atoms with Crippen molar-refractivity contribution in [3.63, 3.8) is 0 Å². The summed E-state index contributed by atoms with van der Waals surface area (Å²) in [4.78, 5) is 20.3. The molecule has 7 nitrogen and oxygen atoms in total. The molecular weight excluding hydrogens is 400 g/mol. The van der Waals surface area contributed by atoms with Crippen LogP contribution >= 0.6 is 11.3 Å². The summed E-state index contributed by atoms with van der Waals surface area (Å²) in [6.45, 7) is 3.19. The third kappa shape index (κ3) is 3.53. The Kier molecular flexibility index (Phi) is 5.10. The molecule has 0 spiro atoms. The summed E-state index contributed by atoms with van der Waals surface area (Å²) in [5, 5.41) is 9.29. The molecule has 2 amide bonds. The number of aromatic nitrogens is 2. The molecule has 2 aliphatic rings. The molecule has 4 heterocycles. The van der Waals surface area contributed by atoms with Crippen LogP contribution in [0.25, 0.3) is 16.3 Å². The first-order valence-corrected chi connectivity index (χ1v) is 10.9. The molecule has 2 aromatic heterocycles. The third-order valence-corrected chi connectivity index (χ3v) is 6.40. The zero-order chi connectivity index (χ0) is 20.5. The minimum Gasteiger partial charge on any atom is -0.376 e. The zero-order valence-corrected chi connectivity index (χ0v) is 17.4. The van der Waals surface area contributed by atoms with Gasteiger partial charge in [0, 0.05) is 12.3 Å². The second kappa shape index (κ2) is 8.04. The molecule has 8 heteroatoms. The highest BCUT2D eigenvalue weighted by Crippen LogP contribution is 2.38. The molecule has 0 aliphatic carbocycles. The second-order valence-electron chi connectivity index (χ2n) is 7.44. The van der Waals surface area contributed by atoms with Crippen LogP contribution in [0.5, 0.6) is 0 Å². The maximum Gasteiger partial charge on any atom is 0.322 e. The number of hydrogen-bond donors (Lipinski definition) is 1. The van der Waals surface area contributed by atoms with Gasteiger partial charge in [-0.3, -0.25) is 4.90 Å². The van der Waals surface area contributed by atoms with E-state index in [1.54, 1.807) is 16.2 Å². The quantitative estimate of drug-likeness (QED) is 0.656. The van der Waals surface area contributed by atoms with Crippen molar-refractivity contribution in [3.05, 3.63) is 65.0 Å². The standard InChI is InChI=1S/C22H22N4O3S/c1-14-18(21-24-20(25-29-21)17-10-6-12-30-17)19(15-7-3-2-4-8-15)23-22(27)26(14)13-16-9-5-11-28-16/h2-4,6-8,10,12,16,19H,5,9,11,13H2,1H3,(H,23,27). The van der Waals surface area contributed by atoms with Crippen molar-refractivity contribution in [3.8, 4) is 10.7 Å². The normalized spacial score (nSPS) is 21.9. The molecule has 1 N–H and O–H groups in total. The number of allylic oxidation sites excluding steroid dienone is 1. The van der Waals surface area contributed by atoms with Gasteiger partial charge in [-0.2, -0.15) is 4.98 Å². The Morgan fingerprint density at radius 2 is 2.10 bits per heavy atom. The molecule has 0 radical (unpaired) electrons. The van der Waals surface area contributed by atoms with Gasteiger partial charge < -0.3 is 14.6 Å². The predicted octanol–water partition coefficient (Wildman–Crippen LogP) is 4.47. The molecule has 2 aliphatic heterocycles.